The van der Waals surface area contributed by atoms with Crippen LogP contribution in [0, 0.1) is 5.92 Å². The lowest BCUT2D eigenvalue weighted by Gasteiger charge is -2.13. The highest BCUT2D eigenvalue weighted by molar-refractivity contribution is 7.12. The van der Waals surface area contributed by atoms with Crippen LogP contribution in [0.2, 0.25) is 0 Å². The lowest BCUT2D eigenvalue weighted by Crippen LogP contribution is -2.18. The van der Waals surface area contributed by atoms with E-state index in [-0.39, 0.29) is 0 Å². The van der Waals surface area contributed by atoms with Gasteiger partial charge in [-0.1, -0.05) is 6.92 Å². The number of carboxylic acid groups (broad SMARTS) is 1. The SMILES string of the molecule is CC1CCN(Cc2ccc(C=CC(=O)O)s2)C1. The lowest BCUT2D eigenvalue weighted by molar-refractivity contribution is -0.131. The van der Waals surface area contributed by atoms with Crippen LogP contribution in [0.5, 0.6) is 0 Å². The second-order valence-corrected chi connectivity index (χ2v) is 5.80. The van der Waals surface area contributed by atoms with E-state index in [4.69, 9.17) is 5.11 Å². The van der Waals surface area contributed by atoms with Crippen LogP contribution in [0.3, 0.4) is 0 Å². The molecule has 0 bridgehead atoms. The van der Waals surface area contributed by atoms with Crippen LogP contribution < -0.4 is 0 Å². The number of hydrogen-bond acceptors (Lipinski definition) is 3. The van der Waals surface area contributed by atoms with Crippen LogP contribution in [-0.2, 0) is 11.3 Å². The molecule has 2 heterocycles. The second-order valence-electron chi connectivity index (χ2n) is 4.60. The zero-order chi connectivity index (χ0) is 12.3. The van der Waals surface area contributed by atoms with Crippen LogP contribution in [0.1, 0.15) is 23.1 Å². The Bertz CT molecular complexity index is 425. The molecule has 0 spiro atoms. The van der Waals surface area contributed by atoms with Gasteiger partial charge in [-0.3, -0.25) is 4.90 Å². The zero-order valence-corrected chi connectivity index (χ0v) is 10.7. The van der Waals surface area contributed by atoms with E-state index in [2.05, 4.69) is 17.9 Å². The van der Waals surface area contributed by atoms with Gasteiger partial charge in [0.25, 0.3) is 0 Å². The van der Waals surface area contributed by atoms with Crippen LogP contribution in [0.4, 0.5) is 0 Å². The zero-order valence-electron chi connectivity index (χ0n) is 9.93. The molecule has 1 aliphatic heterocycles. The van der Waals surface area contributed by atoms with E-state index in [1.807, 2.05) is 6.07 Å². The van der Waals surface area contributed by atoms with Gasteiger partial charge < -0.3 is 5.11 Å². The minimum absolute atomic E-state index is 0.807. The third kappa shape index (κ3) is 3.68. The summed E-state index contributed by atoms with van der Waals surface area (Å²) in [6.45, 7) is 5.64. The molecule has 0 saturated carbocycles. The fourth-order valence-electron chi connectivity index (χ4n) is 2.11. The van der Waals surface area contributed by atoms with Crippen molar-refractivity contribution in [3.63, 3.8) is 0 Å². The van der Waals surface area contributed by atoms with Gasteiger partial charge in [0.05, 0.1) is 0 Å². The van der Waals surface area contributed by atoms with Crippen molar-refractivity contribution in [2.45, 2.75) is 19.9 Å². The summed E-state index contributed by atoms with van der Waals surface area (Å²) in [6, 6.07) is 4.08. The quantitative estimate of drug-likeness (QED) is 0.836. The second kappa shape index (κ2) is 5.47. The van der Waals surface area contributed by atoms with Gasteiger partial charge in [0, 0.05) is 28.9 Å². The smallest absolute Gasteiger partial charge is 0.328 e. The highest BCUT2D eigenvalue weighted by Crippen LogP contribution is 2.23. The van der Waals surface area contributed by atoms with Crippen LogP contribution in [0.25, 0.3) is 6.08 Å². The molecule has 1 aromatic rings. The monoisotopic (exact) mass is 251 g/mol. The molecule has 1 unspecified atom stereocenters. The summed E-state index contributed by atoms with van der Waals surface area (Å²) in [6.07, 6.45) is 4.13. The first-order chi connectivity index (χ1) is 8.13. The Labute approximate surface area is 105 Å². The predicted octanol–water partition coefficient (Wildman–Crippen LogP) is 2.69. The Morgan fingerprint density at radius 3 is 3.12 bits per heavy atom. The normalized spacial score (nSPS) is 21.4. The molecule has 1 N–H and O–H groups in total. The average Bonchev–Trinajstić information content (AvgIpc) is 2.86. The van der Waals surface area contributed by atoms with E-state index < -0.39 is 5.97 Å². The number of carboxylic acids is 1. The van der Waals surface area contributed by atoms with E-state index >= 15 is 0 Å². The molecule has 4 heteroatoms. The van der Waals surface area contributed by atoms with Gasteiger partial charge in [0.1, 0.15) is 0 Å². The molecular weight excluding hydrogens is 234 g/mol. The van der Waals surface area contributed by atoms with E-state index in [0.717, 1.165) is 17.3 Å². The summed E-state index contributed by atoms with van der Waals surface area (Å²) in [5.41, 5.74) is 0. The Morgan fingerprint density at radius 1 is 1.65 bits per heavy atom. The molecule has 0 aromatic carbocycles. The third-order valence-corrected chi connectivity index (χ3v) is 4.00. The molecule has 1 saturated heterocycles. The van der Waals surface area contributed by atoms with Crippen molar-refractivity contribution in [1.29, 1.82) is 0 Å². The number of carbonyl (C=O) groups is 1. The molecule has 1 aromatic heterocycles. The highest BCUT2D eigenvalue weighted by Gasteiger charge is 2.18. The molecule has 1 aliphatic rings. The van der Waals surface area contributed by atoms with E-state index in [1.54, 1.807) is 17.4 Å². The van der Waals surface area contributed by atoms with Crippen molar-refractivity contribution in [1.82, 2.24) is 4.90 Å². The molecule has 0 radical (unpaired) electrons. The molecule has 1 atom stereocenters. The fraction of sp³-hybridized carbons (Fsp3) is 0.462. The van der Waals surface area contributed by atoms with Crippen molar-refractivity contribution in [2.24, 2.45) is 5.92 Å². The van der Waals surface area contributed by atoms with Crippen LogP contribution in [0.15, 0.2) is 18.2 Å². The van der Waals surface area contributed by atoms with E-state index in [1.165, 1.54) is 30.5 Å². The van der Waals surface area contributed by atoms with Crippen molar-refractivity contribution in [3.05, 3.63) is 28.0 Å². The molecular formula is C13H17NO2S. The first-order valence-electron chi connectivity index (χ1n) is 5.85. The summed E-state index contributed by atoms with van der Waals surface area (Å²) < 4.78 is 0. The lowest BCUT2D eigenvalue weighted by atomic mass is 10.2. The third-order valence-electron chi connectivity index (χ3n) is 2.96. The molecule has 3 nitrogen and oxygen atoms in total. The summed E-state index contributed by atoms with van der Waals surface area (Å²) in [4.78, 5) is 15.2. The number of likely N-dealkylation sites (tertiary alicyclic amines) is 1. The predicted molar refractivity (Wildman–Crippen MR) is 70.0 cm³/mol. The standard InChI is InChI=1S/C13H17NO2S/c1-10-6-7-14(8-10)9-12-3-2-11(17-12)4-5-13(15)16/h2-5,10H,6-9H2,1H3,(H,15,16). The van der Waals surface area contributed by atoms with Crippen molar-refractivity contribution in [3.8, 4) is 0 Å². The van der Waals surface area contributed by atoms with Crippen LogP contribution >= 0.6 is 11.3 Å². The van der Waals surface area contributed by atoms with Gasteiger partial charge in [0.2, 0.25) is 0 Å². The summed E-state index contributed by atoms with van der Waals surface area (Å²) in [7, 11) is 0. The van der Waals surface area contributed by atoms with Crippen LogP contribution in [-0.4, -0.2) is 29.1 Å². The van der Waals surface area contributed by atoms with Gasteiger partial charge in [-0.15, -0.1) is 11.3 Å². The molecule has 1 fully saturated rings. The number of hydrogen-bond donors (Lipinski definition) is 1. The van der Waals surface area contributed by atoms with Gasteiger partial charge >= 0.3 is 5.97 Å². The molecule has 2 rings (SSSR count). The molecule has 17 heavy (non-hydrogen) atoms. The van der Waals surface area contributed by atoms with Crippen molar-refractivity contribution >= 4 is 23.4 Å². The molecule has 0 aliphatic carbocycles. The first-order valence-corrected chi connectivity index (χ1v) is 6.67. The Kier molecular flexibility index (Phi) is 3.97. The first kappa shape index (κ1) is 12.3. The molecule has 0 amide bonds. The number of rotatable bonds is 4. The number of thiophene rings is 1. The van der Waals surface area contributed by atoms with Gasteiger partial charge in [-0.25, -0.2) is 4.79 Å². The maximum absolute atomic E-state index is 10.4. The minimum Gasteiger partial charge on any atom is -0.478 e. The van der Waals surface area contributed by atoms with E-state index in [9.17, 15) is 4.79 Å². The largest absolute Gasteiger partial charge is 0.478 e. The van der Waals surface area contributed by atoms with E-state index in [0.29, 0.717) is 0 Å². The summed E-state index contributed by atoms with van der Waals surface area (Å²) in [5, 5.41) is 8.55. The molecule has 92 valence electrons. The van der Waals surface area contributed by atoms with Gasteiger partial charge in [-0.05, 0) is 37.1 Å². The average molecular weight is 251 g/mol. The fourth-order valence-corrected chi connectivity index (χ4v) is 3.07. The summed E-state index contributed by atoms with van der Waals surface area (Å²) in [5.74, 6) is -0.0883. The Hall–Kier alpha value is -1.13. The minimum atomic E-state index is -0.895. The van der Waals surface area contributed by atoms with Gasteiger partial charge in [-0.2, -0.15) is 0 Å². The Balaban J connectivity index is 1.92. The van der Waals surface area contributed by atoms with Gasteiger partial charge in [0.15, 0.2) is 0 Å². The summed E-state index contributed by atoms with van der Waals surface area (Å²) >= 11 is 1.67. The Morgan fingerprint density at radius 2 is 2.47 bits per heavy atom. The van der Waals surface area contributed by atoms with Crippen molar-refractivity contribution < 1.29 is 9.90 Å². The number of nitrogens with zero attached hydrogens (tertiary/aromatic N) is 1. The maximum Gasteiger partial charge on any atom is 0.328 e. The highest BCUT2D eigenvalue weighted by atomic mass is 32.1. The maximum atomic E-state index is 10.4. The number of aliphatic carboxylic acids is 1. The topological polar surface area (TPSA) is 40.5 Å². The van der Waals surface area contributed by atoms with Crippen molar-refractivity contribution in [2.75, 3.05) is 13.1 Å².